The molecule has 21 heavy (non-hydrogen) atoms. The minimum Gasteiger partial charge on any atom is -0.352 e. The number of rotatable bonds is 6. The topological polar surface area (TPSA) is 59.0 Å². The van der Waals surface area contributed by atoms with Crippen LogP contribution in [0.4, 0.5) is 0 Å². The van der Waals surface area contributed by atoms with Crippen LogP contribution in [0.2, 0.25) is 0 Å². The van der Waals surface area contributed by atoms with Crippen molar-refractivity contribution in [2.24, 2.45) is 0 Å². The fourth-order valence-electron chi connectivity index (χ4n) is 2.58. The summed E-state index contributed by atoms with van der Waals surface area (Å²) in [6.07, 6.45) is 5.54. The molecule has 2 aromatic rings. The van der Waals surface area contributed by atoms with Crippen molar-refractivity contribution >= 4 is 5.91 Å². The molecular formula is C16H20N4O. The molecule has 0 saturated carbocycles. The molecule has 110 valence electrons. The van der Waals surface area contributed by atoms with Gasteiger partial charge in [-0.05, 0) is 12.0 Å². The molecule has 1 saturated heterocycles. The third-order valence-corrected chi connectivity index (χ3v) is 3.68. The number of carbonyl (C=O) groups is 1. The molecule has 1 aliphatic rings. The first-order valence-corrected chi connectivity index (χ1v) is 7.35. The number of aromatic nitrogens is 2. The molecule has 2 heterocycles. The van der Waals surface area contributed by atoms with E-state index < -0.39 is 0 Å². The first-order valence-electron chi connectivity index (χ1n) is 7.35. The van der Waals surface area contributed by atoms with Crippen molar-refractivity contribution in [1.82, 2.24) is 20.4 Å². The van der Waals surface area contributed by atoms with Crippen LogP contribution >= 0.6 is 0 Å². The van der Waals surface area contributed by atoms with Gasteiger partial charge >= 0.3 is 0 Å². The van der Waals surface area contributed by atoms with Crippen molar-refractivity contribution in [1.29, 1.82) is 0 Å². The molecule has 0 bridgehead atoms. The van der Waals surface area contributed by atoms with Crippen molar-refractivity contribution in [2.75, 3.05) is 6.54 Å². The maximum Gasteiger partial charge on any atom is 0.220 e. The molecule has 0 spiro atoms. The number of amides is 1. The summed E-state index contributed by atoms with van der Waals surface area (Å²) in [6.45, 7) is 2.39. The highest BCUT2D eigenvalue weighted by Gasteiger charge is 2.19. The van der Waals surface area contributed by atoms with E-state index in [0.717, 1.165) is 31.6 Å². The minimum atomic E-state index is 0.164. The maximum atomic E-state index is 11.1. The van der Waals surface area contributed by atoms with E-state index in [0.29, 0.717) is 6.42 Å². The number of carbonyl (C=O) groups excluding carboxylic acids is 1. The summed E-state index contributed by atoms with van der Waals surface area (Å²) in [4.78, 5) is 11.1. The van der Waals surface area contributed by atoms with Crippen molar-refractivity contribution in [3.05, 3.63) is 53.9 Å². The molecule has 2 N–H and O–H groups in total. The summed E-state index contributed by atoms with van der Waals surface area (Å²) in [5.74, 6) is 0.164. The molecule has 1 aromatic carbocycles. The van der Waals surface area contributed by atoms with Crippen molar-refractivity contribution in [2.45, 2.75) is 32.0 Å². The predicted molar refractivity (Wildman–Crippen MR) is 80.6 cm³/mol. The van der Waals surface area contributed by atoms with Crippen LogP contribution in [0.1, 0.15) is 24.0 Å². The minimum absolute atomic E-state index is 0.164. The van der Waals surface area contributed by atoms with Crippen LogP contribution in [-0.2, 0) is 17.9 Å². The lowest BCUT2D eigenvalue weighted by Crippen LogP contribution is -2.35. The van der Waals surface area contributed by atoms with Crippen molar-refractivity contribution in [3.63, 3.8) is 0 Å². The Labute approximate surface area is 124 Å². The van der Waals surface area contributed by atoms with Crippen LogP contribution < -0.4 is 10.6 Å². The largest absolute Gasteiger partial charge is 0.352 e. The molecule has 1 unspecified atom stereocenters. The lowest BCUT2D eigenvalue weighted by atomic mass is 10.2. The van der Waals surface area contributed by atoms with Gasteiger partial charge in [0.15, 0.2) is 0 Å². The van der Waals surface area contributed by atoms with Crippen molar-refractivity contribution in [3.8, 4) is 0 Å². The molecule has 1 aromatic heterocycles. The van der Waals surface area contributed by atoms with E-state index in [9.17, 15) is 4.79 Å². The van der Waals surface area contributed by atoms with E-state index in [4.69, 9.17) is 0 Å². The van der Waals surface area contributed by atoms with E-state index in [2.05, 4.69) is 34.1 Å². The number of nitrogens with one attached hydrogen (secondary N) is 2. The third-order valence-electron chi connectivity index (χ3n) is 3.68. The van der Waals surface area contributed by atoms with Gasteiger partial charge in [0.1, 0.15) is 0 Å². The molecule has 0 radical (unpaired) electrons. The quantitative estimate of drug-likeness (QED) is 0.840. The normalized spacial score (nSPS) is 17.9. The second-order valence-electron chi connectivity index (χ2n) is 5.47. The highest BCUT2D eigenvalue weighted by molar-refractivity contribution is 5.78. The monoisotopic (exact) mass is 284 g/mol. The van der Waals surface area contributed by atoms with Gasteiger partial charge < -0.3 is 10.6 Å². The fraction of sp³-hybridized carbons (Fsp3) is 0.375. The molecular weight excluding hydrogens is 264 g/mol. The van der Waals surface area contributed by atoms with Crippen LogP contribution in [0, 0.1) is 0 Å². The Bertz CT molecular complexity index is 593. The van der Waals surface area contributed by atoms with E-state index >= 15 is 0 Å². The number of benzene rings is 1. The SMILES string of the molecule is O=C1CCC(CNCc2cnn(Cc3ccccc3)c2)N1. The van der Waals surface area contributed by atoms with Gasteiger partial charge in [0.2, 0.25) is 5.91 Å². The predicted octanol–water partition coefficient (Wildman–Crippen LogP) is 1.30. The smallest absolute Gasteiger partial charge is 0.220 e. The average molecular weight is 284 g/mol. The zero-order chi connectivity index (χ0) is 14.5. The van der Waals surface area contributed by atoms with E-state index in [1.165, 1.54) is 5.56 Å². The Hall–Kier alpha value is -2.14. The maximum absolute atomic E-state index is 11.1. The molecule has 0 aliphatic carbocycles. The molecule has 5 heteroatoms. The summed E-state index contributed by atoms with van der Waals surface area (Å²) >= 11 is 0. The summed E-state index contributed by atoms with van der Waals surface area (Å²) in [5, 5.41) is 10.7. The number of hydrogen-bond donors (Lipinski definition) is 2. The van der Waals surface area contributed by atoms with Gasteiger partial charge in [-0.3, -0.25) is 9.48 Å². The summed E-state index contributed by atoms with van der Waals surface area (Å²) in [7, 11) is 0. The second kappa shape index (κ2) is 6.54. The summed E-state index contributed by atoms with van der Waals surface area (Å²) in [6, 6.07) is 10.6. The fourth-order valence-corrected chi connectivity index (χ4v) is 2.58. The van der Waals surface area contributed by atoms with Crippen LogP contribution in [0.3, 0.4) is 0 Å². The first kappa shape index (κ1) is 13.8. The van der Waals surface area contributed by atoms with Gasteiger partial charge in [-0.15, -0.1) is 0 Å². The first-order chi connectivity index (χ1) is 10.3. The van der Waals surface area contributed by atoms with Gasteiger partial charge in [0, 0.05) is 37.3 Å². The van der Waals surface area contributed by atoms with E-state index in [-0.39, 0.29) is 11.9 Å². The van der Waals surface area contributed by atoms with Crippen LogP contribution in [0.5, 0.6) is 0 Å². The zero-order valence-electron chi connectivity index (χ0n) is 12.0. The molecule has 1 fully saturated rings. The van der Waals surface area contributed by atoms with Crippen LogP contribution in [0.15, 0.2) is 42.7 Å². The molecule has 1 aliphatic heterocycles. The Morgan fingerprint density at radius 3 is 2.90 bits per heavy atom. The van der Waals surface area contributed by atoms with E-state index in [1.54, 1.807) is 0 Å². The zero-order valence-corrected chi connectivity index (χ0v) is 12.0. The molecule has 5 nitrogen and oxygen atoms in total. The average Bonchev–Trinajstić information content (AvgIpc) is 3.10. The lowest BCUT2D eigenvalue weighted by molar-refractivity contribution is -0.119. The van der Waals surface area contributed by atoms with Crippen LogP contribution in [-0.4, -0.2) is 28.3 Å². The Kier molecular flexibility index (Phi) is 4.31. The lowest BCUT2D eigenvalue weighted by Gasteiger charge is -2.10. The van der Waals surface area contributed by atoms with Crippen molar-refractivity contribution < 1.29 is 4.79 Å². The summed E-state index contributed by atoms with van der Waals surface area (Å²) in [5.41, 5.74) is 2.41. The highest BCUT2D eigenvalue weighted by Crippen LogP contribution is 2.06. The standard InChI is InChI=1S/C16H20N4O/c21-16-7-6-15(19-16)10-17-8-14-9-18-20(12-14)11-13-4-2-1-3-5-13/h1-5,9,12,15,17H,6-8,10-11H2,(H,19,21). The Morgan fingerprint density at radius 1 is 1.29 bits per heavy atom. The Balaban J connectivity index is 1.45. The molecule has 3 rings (SSSR count). The summed E-state index contributed by atoms with van der Waals surface area (Å²) < 4.78 is 1.95. The van der Waals surface area contributed by atoms with Gasteiger partial charge in [0.05, 0.1) is 12.7 Å². The van der Waals surface area contributed by atoms with Gasteiger partial charge in [0.25, 0.3) is 0 Å². The number of nitrogens with zero attached hydrogens (tertiary/aromatic N) is 2. The molecule has 1 amide bonds. The van der Waals surface area contributed by atoms with Gasteiger partial charge in [-0.25, -0.2) is 0 Å². The van der Waals surface area contributed by atoms with Crippen LogP contribution in [0.25, 0.3) is 0 Å². The third kappa shape index (κ3) is 3.92. The highest BCUT2D eigenvalue weighted by atomic mass is 16.1. The van der Waals surface area contributed by atoms with E-state index in [1.807, 2.05) is 29.1 Å². The Morgan fingerprint density at radius 2 is 2.14 bits per heavy atom. The second-order valence-corrected chi connectivity index (χ2v) is 5.47. The van der Waals surface area contributed by atoms with Gasteiger partial charge in [-0.1, -0.05) is 30.3 Å². The van der Waals surface area contributed by atoms with Gasteiger partial charge in [-0.2, -0.15) is 5.10 Å². The molecule has 1 atom stereocenters. The number of hydrogen-bond acceptors (Lipinski definition) is 3.